The van der Waals surface area contributed by atoms with Gasteiger partial charge in [-0.1, -0.05) is 42.5 Å². The summed E-state index contributed by atoms with van der Waals surface area (Å²) in [6, 6.07) is 16.8. The molecule has 0 saturated carbocycles. The number of hydrogen-bond acceptors (Lipinski definition) is 3. The maximum absolute atomic E-state index is 13.7. The molecule has 3 heterocycles. The molecule has 2 aromatic carbocycles. The van der Waals surface area contributed by atoms with Gasteiger partial charge in [-0.15, -0.1) is 0 Å². The molecule has 32 heavy (non-hydrogen) atoms. The highest BCUT2D eigenvalue weighted by Crippen LogP contribution is 2.31. The molecule has 2 amide bonds. The fourth-order valence-corrected chi connectivity index (χ4v) is 5.15. The normalized spacial score (nSPS) is 18.8. The maximum Gasteiger partial charge on any atom is 0.326 e. The topological polar surface area (TPSA) is 78.4 Å². The van der Waals surface area contributed by atoms with Crippen LogP contribution in [0.5, 0.6) is 0 Å². The van der Waals surface area contributed by atoms with Crippen molar-refractivity contribution < 1.29 is 9.59 Å². The van der Waals surface area contributed by atoms with Crippen LogP contribution in [0.25, 0.3) is 11.0 Å². The van der Waals surface area contributed by atoms with Crippen LogP contribution in [0.3, 0.4) is 0 Å². The molecule has 166 valence electrons. The zero-order valence-electron chi connectivity index (χ0n) is 18.1. The van der Waals surface area contributed by atoms with E-state index in [1.807, 2.05) is 64.1 Å². The third-order valence-corrected chi connectivity index (χ3v) is 6.79. The van der Waals surface area contributed by atoms with Gasteiger partial charge in [-0.3, -0.25) is 14.2 Å². The molecule has 5 rings (SSSR count). The van der Waals surface area contributed by atoms with E-state index in [1.54, 1.807) is 4.90 Å². The first kappa shape index (κ1) is 20.5. The second-order valence-corrected chi connectivity index (χ2v) is 8.73. The number of carbonyl (C=O) groups excluding carboxylic acids is 2. The standard InChI is InChI=1S/C25H28N4O3/c30-22-12-6-7-15-28(22)23(18-8-2-1-3-9-18)24(31)27-16-13-19(14-17-27)29-21-11-5-4-10-20(21)26-25(29)32/h1-5,8-11,19,23H,6-7,12-17H2,(H,26,32). The summed E-state index contributed by atoms with van der Waals surface area (Å²) in [5.74, 6) is 0.0369. The molecule has 1 atom stereocenters. The van der Waals surface area contributed by atoms with Crippen LogP contribution in [0.2, 0.25) is 0 Å². The first-order chi connectivity index (χ1) is 15.6. The smallest absolute Gasteiger partial charge is 0.326 e. The summed E-state index contributed by atoms with van der Waals surface area (Å²) in [5, 5.41) is 0. The van der Waals surface area contributed by atoms with Crippen molar-refractivity contribution in [3.05, 3.63) is 70.6 Å². The number of rotatable bonds is 4. The zero-order valence-corrected chi connectivity index (χ0v) is 18.1. The predicted molar refractivity (Wildman–Crippen MR) is 122 cm³/mol. The van der Waals surface area contributed by atoms with E-state index in [9.17, 15) is 14.4 Å². The summed E-state index contributed by atoms with van der Waals surface area (Å²) in [6.45, 7) is 1.76. The van der Waals surface area contributed by atoms with Crippen LogP contribution in [0.4, 0.5) is 0 Å². The van der Waals surface area contributed by atoms with Crippen molar-refractivity contribution in [2.45, 2.75) is 44.2 Å². The molecule has 2 aliphatic rings. The van der Waals surface area contributed by atoms with Gasteiger partial charge in [0.15, 0.2) is 0 Å². The fraction of sp³-hybridized carbons (Fsp3) is 0.400. The summed E-state index contributed by atoms with van der Waals surface area (Å²) >= 11 is 0. The molecule has 3 aromatic rings. The minimum Gasteiger partial charge on any atom is -0.340 e. The molecule has 0 aliphatic carbocycles. The van der Waals surface area contributed by atoms with Crippen LogP contribution >= 0.6 is 0 Å². The Hall–Kier alpha value is -3.35. The second-order valence-electron chi connectivity index (χ2n) is 8.73. The van der Waals surface area contributed by atoms with E-state index in [0.29, 0.717) is 38.9 Å². The summed E-state index contributed by atoms with van der Waals surface area (Å²) in [4.78, 5) is 45.5. The van der Waals surface area contributed by atoms with Crippen LogP contribution in [0.1, 0.15) is 49.8 Å². The number of hydrogen-bond donors (Lipinski definition) is 1. The molecule has 1 unspecified atom stereocenters. The molecule has 0 spiro atoms. The lowest BCUT2D eigenvalue weighted by Crippen LogP contribution is -2.49. The second kappa shape index (κ2) is 8.65. The Balaban J connectivity index is 1.36. The Morgan fingerprint density at radius 3 is 2.38 bits per heavy atom. The molecular formula is C25H28N4O3. The van der Waals surface area contributed by atoms with Crippen LogP contribution < -0.4 is 5.69 Å². The third-order valence-electron chi connectivity index (χ3n) is 6.79. The SMILES string of the molecule is O=C(C(c1ccccc1)N1CCCCC1=O)N1CCC(n2c(=O)[nH]c3ccccc32)CC1. The minimum atomic E-state index is -0.573. The summed E-state index contributed by atoms with van der Waals surface area (Å²) in [6.07, 6.45) is 3.73. The molecular weight excluding hydrogens is 404 g/mol. The number of likely N-dealkylation sites (tertiary alicyclic amines) is 2. The van der Waals surface area contributed by atoms with Gasteiger partial charge in [0.05, 0.1) is 11.0 Å². The number of fused-ring (bicyclic) bond motifs is 1. The van der Waals surface area contributed by atoms with E-state index in [0.717, 1.165) is 29.4 Å². The number of nitrogens with zero attached hydrogens (tertiary/aromatic N) is 3. The largest absolute Gasteiger partial charge is 0.340 e. The molecule has 2 aliphatic heterocycles. The summed E-state index contributed by atoms with van der Waals surface area (Å²) < 4.78 is 1.83. The number of imidazole rings is 1. The van der Waals surface area contributed by atoms with Crippen molar-refractivity contribution in [2.24, 2.45) is 0 Å². The fourth-order valence-electron chi connectivity index (χ4n) is 5.15. The van der Waals surface area contributed by atoms with Crippen LogP contribution in [-0.4, -0.2) is 50.8 Å². The van der Waals surface area contributed by atoms with E-state index in [1.165, 1.54) is 0 Å². The molecule has 0 bridgehead atoms. The number of carbonyl (C=O) groups is 2. The van der Waals surface area contributed by atoms with Gasteiger partial charge in [-0.05, 0) is 43.4 Å². The van der Waals surface area contributed by atoms with Crippen LogP contribution in [-0.2, 0) is 9.59 Å². The van der Waals surface area contributed by atoms with E-state index >= 15 is 0 Å². The average molecular weight is 433 g/mol. The molecule has 1 N–H and O–H groups in total. The number of benzene rings is 2. The summed E-state index contributed by atoms with van der Waals surface area (Å²) in [5.41, 5.74) is 2.51. The monoisotopic (exact) mass is 432 g/mol. The zero-order chi connectivity index (χ0) is 22.1. The van der Waals surface area contributed by atoms with E-state index in [-0.39, 0.29) is 23.5 Å². The number of aromatic amines is 1. The van der Waals surface area contributed by atoms with Gasteiger partial charge >= 0.3 is 5.69 Å². The maximum atomic E-state index is 13.7. The lowest BCUT2D eigenvalue weighted by molar-refractivity contribution is -0.148. The Morgan fingerprint density at radius 2 is 1.62 bits per heavy atom. The molecule has 2 fully saturated rings. The lowest BCUT2D eigenvalue weighted by atomic mass is 9.98. The Labute approximate surface area is 186 Å². The minimum absolute atomic E-state index is 0.0174. The average Bonchev–Trinajstić information content (AvgIpc) is 3.17. The van der Waals surface area contributed by atoms with Gasteiger partial charge in [-0.2, -0.15) is 0 Å². The Bertz CT molecular complexity index is 1170. The van der Waals surface area contributed by atoms with Crippen LogP contribution in [0.15, 0.2) is 59.4 Å². The number of H-pyrrole nitrogens is 1. The first-order valence-corrected chi connectivity index (χ1v) is 11.5. The number of nitrogens with one attached hydrogen (secondary N) is 1. The number of piperidine rings is 2. The van der Waals surface area contributed by atoms with Crippen LogP contribution in [0, 0.1) is 0 Å². The van der Waals surface area contributed by atoms with Gasteiger partial charge in [0.2, 0.25) is 11.8 Å². The molecule has 7 nitrogen and oxygen atoms in total. The molecule has 7 heteroatoms. The van der Waals surface area contributed by atoms with Crippen molar-refractivity contribution >= 4 is 22.8 Å². The van der Waals surface area contributed by atoms with Crippen molar-refractivity contribution in [2.75, 3.05) is 19.6 Å². The molecule has 1 aromatic heterocycles. The highest BCUT2D eigenvalue weighted by molar-refractivity contribution is 5.89. The number of amides is 2. The quantitative estimate of drug-likeness (QED) is 0.687. The highest BCUT2D eigenvalue weighted by Gasteiger charge is 2.37. The summed E-state index contributed by atoms with van der Waals surface area (Å²) in [7, 11) is 0. The predicted octanol–water partition coefficient (Wildman–Crippen LogP) is 3.25. The van der Waals surface area contributed by atoms with Crippen molar-refractivity contribution in [3.63, 3.8) is 0 Å². The molecule has 2 saturated heterocycles. The van der Waals surface area contributed by atoms with Gasteiger partial charge < -0.3 is 14.8 Å². The Morgan fingerprint density at radius 1 is 0.906 bits per heavy atom. The number of aromatic nitrogens is 2. The van der Waals surface area contributed by atoms with Gasteiger partial charge in [0, 0.05) is 32.1 Å². The Kier molecular flexibility index (Phi) is 5.55. The van der Waals surface area contributed by atoms with Gasteiger partial charge in [0.1, 0.15) is 6.04 Å². The van der Waals surface area contributed by atoms with E-state index in [4.69, 9.17) is 0 Å². The lowest BCUT2D eigenvalue weighted by Gasteiger charge is -2.39. The highest BCUT2D eigenvalue weighted by atomic mass is 16.2. The van der Waals surface area contributed by atoms with Crippen molar-refractivity contribution in [1.82, 2.24) is 19.4 Å². The third kappa shape index (κ3) is 3.72. The van der Waals surface area contributed by atoms with Gasteiger partial charge in [0.25, 0.3) is 0 Å². The van der Waals surface area contributed by atoms with Gasteiger partial charge in [-0.25, -0.2) is 4.79 Å². The van der Waals surface area contributed by atoms with E-state index < -0.39 is 6.04 Å². The van der Waals surface area contributed by atoms with Crippen molar-refractivity contribution in [3.8, 4) is 0 Å². The van der Waals surface area contributed by atoms with E-state index in [2.05, 4.69) is 4.98 Å². The van der Waals surface area contributed by atoms with Crippen molar-refractivity contribution in [1.29, 1.82) is 0 Å². The molecule has 0 radical (unpaired) electrons. The first-order valence-electron chi connectivity index (χ1n) is 11.5. The number of para-hydroxylation sites is 2.